The summed E-state index contributed by atoms with van der Waals surface area (Å²) in [6.45, 7) is 0.214. The van der Waals surface area contributed by atoms with E-state index in [1.54, 1.807) is 11.3 Å². The van der Waals surface area contributed by atoms with Crippen molar-refractivity contribution in [1.29, 1.82) is 0 Å². The molecule has 5 heteroatoms. The van der Waals surface area contributed by atoms with Crippen molar-refractivity contribution in [2.75, 3.05) is 13.7 Å². The van der Waals surface area contributed by atoms with E-state index in [1.807, 2.05) is 0 Å². The van der Waals surface area contributed by atoms with Crippen LogP contribution in [0.3, 0.4) is 0 Å². The lowest BCUT2D eigenvalue weighted by Gasteiger charge is -2.25. The largest absolute Gasteiger partial charge is 0.370 e. The van der Waals surface area contributed by atoms with Gasteiger partial charge >= 0.3 is 0 Å². The highest BCUT2D eigenvalue weighted by Crippen LogP contribution is 2.33. The molecule has 1 aromatic rings. The molecule has 0 saturated heterocycles. The number of hydrogen-bond donors (Lipinski definition) is 2. The monoisotopic (exact) mass is 254 g/mol. The Balaban J connectivity index is 2.04. The van der Waals surface area contributed by atoms with Crippen LogP contribution in [0.4, 0.5) is 0 Å². The van der Waals surface area contributed by atoms with E-state index in [1.165, 1.54) is 17.6 Å². The number of hydrogen-bond acceptors (Lipinski definition) is 4. The van der Waals surface area contributed by atoms with Gasteiger partial charge in [0.05, 0.1) is 6.04 Å². The first-order valence-corrected chi connectivity index (χ1v) is 6.73. The van der Waals surface area contributed by atoms with Crippen LogP contribution < -0.4 is 11.1 Å². The molecule has 0 aromatic carbocycles. The summed E-state index contributed by atoms with van der Waals surface area (Å²) in [4.78, 5) is 13.3. The van der Waals surface area contributed by atoms with Crippen LogP contribution in [-0.4, -0.2) is 25.7 Å². The molecule has 0 radical (unpaired) electrons. The van der Waals surface area contributed by atoms with Gasteiger partial charge in [0.15, 0.2) is 0 Å². The third-order valence-corrected chi connectivity index (χ3v) is 4.16. The molecule has 0 fully saturated rings. The van der Waals surface area contributed by atoms with Gasteiger partial charge < -0.3 is 15.8 Å². The maximum Gasteiger partial charge on any atom is 0.250 e. The minimum Gasteiger partial charge on any atom is -0.370 e. The molecule has 1 aromatic heterocycles. The van der Waals surface area contributed by atoms with E-state index in [-0.39, 0.29) is 18.5 Å². The Morgan fingerprint density at radius 2 is 2.59 bits per heavy atom. The number of nitrogens with one attached hydrogen (secondary N) is 1. The van der Waals surface area contributed by atoms with Gasteiger partial charge in [-0.05, 0) is 36.3 Å². The number of amides is 1. The Morgan fingerprint density at radius 1 is 1.76 bits per heavy atom. The van der Waals surface area contributed by atoms with Gasteiger partial charge in [0.2, 0.25) is 0 Å². The number of nitrogens with two attached hydrogens (primary N) is 1. The lowest BCUT2D eigenvalue weighted by Crippen LogP contribution is -2.42. The van der Waals surface area contributed by atoms with Crippen molar-refractivity contribution in [3.8, 4) is 0 Å². The minimum absolute atomic E-state index is 0.112. The van der Waals surface area contributed by atoms with Crippen LogP contribution >= 0.6 is 11.3 Å². The molecular formula is C12H18N2O2S. The predicted molar refractivity (Wildman–Crippen MR) is 68.0 cm³/mol. The molecule has 1 amide bonds. The molecule has 1 heterocycles. The molecule has 2 unspecified atom stereocenters. The van der Waals surface area contributed by atoms with Crippen LogP contribution in [-0.2, 0) is 16.0 Å². The first-order chi connectivity index (χ1) is 8.26. The molecule has 2 rings (SSSR count). The summed E-state index contributed by atoms with van der Waals surface area (Å²) in [5.74, 6) is -0.112. The average Bonchev–Trinajstić information content (AvgIpc) is 2.80. The fourth-order valence-corrected chi connectivity index (χ4v) is 3.20. The number of methoxy groups -OCH3 is 1. The highest BCUT2D eigenvalue weighted by atomic mass is 32.1. The maximum atomic E-state index is 11.9. The summed E-state index contributed by atoms with van der Waals surface area (Å²) in [6.07, 6.45) is 2.71. The number of fused-ring (bicyclic) bond motifs is 1. The lowest BCUT2D eigenvalue weighted by atomic mass is 9.94. The van der Waals surface area contributed by atoms with Crippen LogP contribution in [0.15, 0.2) is 11.4 Å². The number of thiophene rings is 1. The van der Waals surface area contributed by atoms with Gasteiger partial charge in [0, 0.05) is 18.5 Å². The van der Waals surface area contributed by atoms with E-state index < -0.39 is 6.10 Å². The Bertz CT molecular complexity index is 388. The normalized spacial score (nSPS) is 20.7. The minimum atomic E-state index is -0.543. The van der Waals surface area contributed by atoms with Crippen molar-refractivity contribution in [2.24, 2.45) is 5.73 Å². The zero-order chi connectivity index (χ0) is 12.3. The number of carbonyl (C=O) groups excluding carboxylic acids is 1. The number of carbonyl (C=O) groups is 1. The first-order valence-electron chi connectivity index (χ1n) is 5.85. The molecule has 3 N–H and O–H groups in total. The van der Waals surface area contributed by atoms with Crippen LogP contribution in [0.2, 0.25) is 0 Å². The lowest BCUT2D eigenvalue weighted by molar-refractivity contribution is -0.131. The van der Waals surface area contributed by atoms with Crippen molar-refractivity contribution in [3.63, 3.8) is 0 Å². The van der Waals surface area contributed by atoms with Crippen LogP contribution in [0.5, 0.6) is 0 Å². The van der Waals surface area contributed by atoms with Crippen molar-refractivity contribution in [3.05, 3.63) is 21.9 Å². The highest BCUT2D eigenvalue weighted by molar-refractivity contribution is 7.10. The topological polar surface area (TPSA) is 64.3 Å². The summed E-state index contributed by atoms with van der Waals surface area (Å²) in [6, 6.07) is 2.23. The van der Waals surface area contributed by atoms with E-state index in [9.17, 15) is 4.79 Å². The van der Waals surface area contributed by atoms with Gasteiger partial charge in [0.1, 0.15) is 6.10 Å². The zero-order valence-electron chi connectivity index (χ0n) is 9.94. The standard InChI is InChI=1S/C12H18N2O2S/c1-16-10(7-13)12(15)14-9-3-2-4-11-8(9)5-6-17-11/h5-6,9-10H,2-4,7,13H2,1H3,(H,14,15). The Morgan fingerprint density at radius 3 is 3.29 bits per heavy atom. The number of rotatable bonds is 4. The van der Waals surface area contributed by atoms with Gasteiger partial charge in [-0.2, -0.15) is 0 Å². The molecule has 4 nitrogen and oxygen atoms in total. The summed E-state index contributed by atoms with van der Waals surface area (Å²) in [7, 11) is 1.51. The smallest absolute Gasteiger partial charge is 0.250 e. The van der Waals surface area contributed by atoms with Gasteiger partial charge in [-0.1, -0.05) is 0 Å². The molecule has 0 spiro atoms. The molecule has 1 aliphatic rings. The van der Waals surface area contributed by atoms with E-state index in [0.717, 1.165) is 19.3 Å². The number of aryl methyl sites for hydroxylation is 1. The molecule has 2 atom stereocenters. The molecule has 0 aliphatic heterocycles. The molecular weight excluding hydrogens is 236 g/mol. The van der Waals surface area contributed by atoms with E-state index in [2.05, 4.69) is 16.8 Å². The van der Waals surface area contributed by atoms with E-state index >= 15 is 0 Å². The van der Waals surface area contributed by atoms with E-state index in [0.29, 0.717) is 0 Å². The highest BCUT2D eigenvalue weighted by Gasteiger charge is 2.25. The zero-order valence-corrected chi connectivity index (χ0v) is 10.8. The molecule has 94 valence electrons. The van der Waals surface area contributed by atoms with E-state index in [4.69, 9.17) is 10.5 Å². The molecule has 17 heavy (non-hydrogen) atoms. The average molecular weight is 254 g/mol. The Hall–Kier alpha value is -0.910. The Kier molecular flexibility index (Phi) is 4.15. The van der Waals surface area contributed by atoms with Gasteiger partial charge in [-0.3, -0.25) is 4.79 Å². The second-order valence-corrected chi connectivity index (χ2v) is 5.21. The van der Waals surface area contributed by atoms with Crippen LogP contribution in [0.1, 0.15) is 29.3 Å². The first kappa shape index (κ1) is 12.5. The predicted octanol–water partition coefficient (Wildman–Crippen LogP) is 1.22. The third kappa shape index (κ3) is 2.68. The van der Waals surface area contributed by atoms with Crippen molar-refractivity contribution in [2.45, 2.75) is 31.4 Å². The van der Waals surface area contributed by atoms with Gasteiger partial charge in [-0.25, -0.2) is 0 Å². The molecule has 1 aliphatic carbocycles. The summed E-state index contributed by atoms with van der Waals surface area (Å²) in [5.41, 5.74) is 6.75. The second-order valence-electron chi connectivity index (χ2n) is 4.21. The fourth-order valence-electron chi connectivity index (χ4n) is 2.21. The van der Waals surface area contributed by atoms with Crippen molar-refractivity contribution < 1.29 is 9.53 Å². The molecule has 0 saturated carbocycles. The summed E-state index contributed by atoms with van der Waals surface area (Å²) >= 11 is 1.77. The maximum absolute atomic E-state index is 11.9. The quantitative estimate of drug-likeness (QED) is 0.849. The van der Waals surface area contributed by atoms with Gasteiger partial charge in [-0.15, -0.1) is 11.3 Å². The SMILES string of the molecule is COC(CN)C(=O)NC1CCCc2sccc21. The van der Waals surface area contributed by atoms with Crippen LogP contribution in [0.25, 0.3) is 0 Å². The van der Waals surface area contributed by atoms with Gasteiger partial charge in [0.25, 0.3) is 5.91 Å². The van der Waals surface area contributed by atoms with Crippen LogP contribution in [0, 0.1) is 0 Å². The van der Waals surface area contributed by atoms with Crippen molar-refractivity contribution in [1.82, 2.24) is 5.32 Å². The number of ether oxygens (including phenoxy) is 1. The second kappa shape index (κ2) is 5.62. The summed E-state index contributed by atoms with van der Waals surface area (Å²) in [5, 5.41) is 5.11. The Labute approximate surface area is 105 Å². The molecule has 0 bridgehead atoms. The summed E-state index contributed by atoms with van der Waals surface area (Å²) < 4.78 is 5.04. The fraction of sp³-hybridized carbons (Fsp3) is 0.583. The third-order valence-electron chi connectivity index (χ3n) is 3.16. The van der Waals surface area contributed by atoms with Crippen molar-refractivity contribution >= 4 is 17.2 Å².